The molecule has 0 bridgehead atoms. The molecule has 0 aliphatic heterocycles. The van der Waals surface area contributed by atoms with Crippen molar-refractivity contribution in [2.24, 2.45) is 7.05 Å². The summed E-state index contributed by atoms with van der Waals surface area (Å²) in [5, 5.41) is 21.8. The number of rotatable bonds is 4. The minimum Gasteiger partial charge on any atom is -0.388 e. The van der Waals surface area contributed by atoms with Crippen LogP contribution in [-0.4, -0.2) is 26.2 Å². The quantitative estimate of drug-likeness (QED) is 0.436. The van der Waals surface area contributed by atoms with Crippen LogP contribution in [0.15, 0.2) is 54.6 Å². The van der Waals surface area contributed by atoms with Crippen LogP contribution in [0.2, 0.25) is 0 Å². The van der Waals surface area contributed by atoms with E-state index in [9.17, 15) is 24.8 Å². The van der Waals surface area contributed by atoms with Crippen LogP contribution >= 0.6 is 0 Å². The Kier molecular flexibility index (Phi) is 4.16. The van der Waals surface area contributed by atoms with E-state index in [1.165, 1.54) is 18.2 Å². The lowest BCUT2D eigenvalue weighted by Gasteiger charge is -2.16. The Morgan fingerprint density at radius 3 is 2.29 bits per heavy atom. The van der Waals surface area contributed by atoms with Crippen LogP contribution in [-0.2, 0) is 13.5 Å². The molecular formula is C21H16N2O5. The number of aromatic nitrogens is 1. The maximum absolute atomic E-state index is 12.9. The fourth-order valence-electron chi connectivity index (χ4n) is 3.70. The monoisotopic (exact) mass is 376 g/mol. The molecule has 1 atom stereocenters. The zero-order valence-corrected chi connectivity index (χ0v) is 15.0. The van der Waals surface area contributed by atoms with E-state index in [1.807, 2.05) is 0 Å². The molecular weight excluding hydrogens is 360 g/mol. The Hall–Kier alpha value is -3.58. The normalized spacial score (nSPS) is 13.8. The molecule has 0 fully saturated rings. The molecule has 0 saturated heterocycles. The average molecular weight is 376 g/mol. The Labute approximate surface area is 160 Å². The predicted octanol–water partition coefficient (Wildman–Crippen LogP) is 2.98. The Morgan fingerprint density at radius 1 is 1.00 bits per heavy atom. The summed E-state index contributed by atoms with van der Waals surface area (Å²) in [6.45, 7) is 0. The summed E-state index contributed by atoms with van der Waals surface area (Å²) in [5.74, 6) is -0.494. The first-order chi connectivity index (χ1) is 13.4. The number of para-hydroxylation sites is 1. The third kappa shape index (κ3) is 2.64. The average Bonchev–Trinajstić information content (AvgIpc) is 3.02. The van der Waals surface area contributed by atoms with Crippen molar-refractivity contribution in [2.45, 2.75) is 12.5 Å². The van der Waals surface area contributed by atoms with Gasteiger partial charge in [0.2, 0.25) is 5.78 Å². The Balaban J connectivity index is 1.74. The molecule has 7 heteroatoms. The van der Waals surface area contributed by atoms with E-state index < -0.39 is 11.0 Å². The largest absolute Gasteiger partial charge is 0.388 e. The molecule has 0 saturated carbocycles. The van der Waals surface area contributed by atoms with Crippen LogP contribution in [0, 0.1) is 10.1 Å². The fraction of sp³-hybridized carbons (Fsp3) is 0.143. The van der Waals surface area contributed by atoms with Crippen LogP contribution in [0.3, 0.4) is 0 Å². The van der Waals surface area contributed by atoms with Gasteiger partial charge in [-0.1, -0.05) is 36.4 Å². The van der Waals surface area contributed by atoms with Crippen LogP contribution in [0.1, 0.15) is 49.3 Å². The van der Waals surface area contributed by atoms with E-state index in [0.717, 1.165) is 0 Å². The molecule has 0 amide bonds. The van der Waals surface area contributed by atoms with Gasteiger partial charge in [0.15, 0.2) is 5.78 Å². The van der Waals surface area contributed by atoms with Crippen LogP contribution in [0.5, 0.6) is 0 Å². The van der Waals surface area contributed by atoms with Crippen LogP contribution in [0.25, 0.3) is 0 Å². The molecule has 2 aromatic carbocycles. The molecule has 7 nitrogen and oxygen atoms in total. The van der Waals surface area contributed by atoms with E-state index in [2.05, 4.69) is 0 Å². The lowest BCUT2D eigenvalue weighted by atomic mass is 9.88. The highest BCUT2D eigenvalue weighted by Gasteiger charge is 2.33. The fourth-order valence-corrected chi connectivity index (χ4v) is 3.70. The molecule has 1 heterocycles. The van der Waals surface area contributed by atoms with Crippen molar-refractivity contribution in [1.29, 1.82) is 0 Å². The van der Waals surface area contributed by atoms with Crippen molar-refractivity contribution in [3.8, 4) is 0 Å². The minimum atomic E-state index is -1.15. The maximum Gasteiger partial charge on any atom is 0.275 e. The second-order valence-electron chi connectivity index (χ2n) is 6.70. The van der Waals surface area contributed by atoms with E-state index in [0.29, 0.717) is 16.8 Å². The molecule has 28 heavy (non-hydrogen) atoms. The number of nitrogens with zero attached hydrogens (tertiary/aromatic N) is 2. The molecule has 3 aromatic rings. The third-order valence-electron chi connectivity index (χ3n) is 5.10. The molecule has 4 rings (SSSR count). The number of aliphatic hydroxyl groups is 1. The number of fused-ring (bicyclic) bond motifs is 2. The first-order valence-corrected chi connectivity index (χ1v) is 8.68. The molecule has 140 valence electrons. The lowest BCUT2D eigenvalue weighted by Crippen LogP contribution is -2.22. The van der Waals surface area contributed by atoms with E-state index in [1.54, 1.807) is 48.0 Å². The predicted molar refractivity (Wildman–Crippen MR) is 100 cm³/mol. The number of benzene rings is 2. The third-order valence-corrected chi connectivity index (χ3v) is 5.10. The van der Waals surface area contributed by atoms with E-state index in [4.69, 9.17) is 0 Å². The molecule has 1 N–H and O–H groups in total. The molecule has 1 aromatic heterocycles. The number of carbonyl (C=O) groups is 2. The molecule has 1 unspecified atom stereocenters. The number of carbonyl (C=O) groups excluding carboxylic acids is 2. The van der Waals surface area contributed by atoms with Crippen molar-refractivity contribution < 1.29 is 19.6 Å². The highest BCUT2D eigenvalue weighted by Crippen LogP contribution is 2.32. The zero-order chi connectivity index (χ0) is 20.0. The SMILES string of the molecule is Cn1c(CC(O)c2ccccc2[N+](=O)[O-])cc2c1C(=O)c1ccccc1C2=O. The summed E-state index contributed by atoms with van der Waals surface area (Å²) in [6.07, 6.45) is -1.12. The van der Waals surface area contributed by atoms with E-state index >= 15 is 0 Å². The van der Waals surface area contributed by atoms with E-state index in [-0.39, 0.29) is 40.5 Å². The van der Waals surface area contributed by atoms with Gasteiger partial charge in [-0.05, 0) is 12.1 Å². The number of ketones is 2. The first-order valence-electron chi connectivity index (χ1n) is 8.68. The van der Waals surface area contributed by atoms with Gasteiger partial charge in [-0.2, -0.15) is 0 Å². The van der Waals surface area contributed by atoms with Gasteiger partial charge in [0.1, 0.15) is 5.69 Å². The molecule has 0 radical (unpaired) electrons. The number of nitro groups is 1. The summed E-state index contributed by atoms with van der Waals surface area (Å²) < 4.78 is 1.59. The van der Waals surface area contributed by atoms with Gasteiger partial charge in [0.25, 0.3) is 5.69 Å². The molecule has 1 aliphatic rings. The number of nitro benzene ring substituents is 1. The first kappa shape index (κ1) is 17.8. The smallest absolute Gasteiger partial charge is 0.275 e. The van der Waals surface area contributed by atoms with Gasteiger partial charge in [-0.3, -0.25) is 19.7 Å². The van der Waals surface area contributed by atoms with Crippen molar-refractivity contribution in [2.75, 3.05) is 0 Å². The number of aliphatic hydroxyl groups excluding tert-OH is 1. The minimum absolute atomic E-state index is 0.0330. The van der Waals surface area contributed by atoms with Crippen LogP contribution in [0.4, 0.5) is 5.69 Å². The van der Waals surface area contributed by atoms with Crippen LogP contribution < -0.4 is 0 Å². The van der Waals surface area contributed by atoms with Gasteiger partial charge in [-0.15, -0.1) is 0 Å². The van der Waals surface area contributed by atoms with Gasteiger partial charge in [0, 0.05) is 36.4 Å². The van der Waals surface area contributed by atoms with Gasteiger partial charge in [0.05, 0.1) is 22.2 Å². The highest BCUT2D eigenvalue weighted by molar-refractivity contribution is 6.28. The topological polar surface area (TPSA) is 102 Å². The van der Waals surface area contributed by atoms with Crippen molar-refractivity contribution in [3.63, 3.8) is 0 Å². The van der Waals surface area contributed by atoms with Gasteiger partial charge >= 0.3 is 0 Å². The lowest BCUT2D eigenvalue weighted by molar-refractivity contribution is -0.386. The second-order valence-corrected chi connectivity index (χ2v) is 6.70. The maximum atomic E-state index is 12.9. The summed E-state index contributed by atoms with van der Waals surface area (Å²) >= 11 is 0. The standard InChI is InChI=1S/C21H16N2O5/c1-22-12(11-18(24)15-8-4-5-9-17(15)23(27)28)10-16-19(22)21(26)14-7-3-2-6-13(14)20(16)25/h2-10,18,24H,11H2,1H3. The highest BCUT2D eigenvalue weighted by atomic mass is 16.6. The zero-order valence-electron chi connectivity index (χ0n) is 15.0. The van der Waals surface area contributed by atoms with Crippen molar-refractivity contribution in [1.82, 2.24) is 4.57 Å². The summed E-state index contributed by atoms with van der Waals surface area (Å²) in [4.78, 5) is 36.3. The summed E-state index contributed by atoms with van der Waals surface area (Å²) in [7, 11) is 1.65. The summed E-state index contributed by atoms with van der Waals surface area (Å²) in [5.41, 5.74) is 1.83. The number of hydrogen-bond acceptors (Lipinski definition) is 5. The molecule has 0 spiro atoms. The Morgan fingerprint density at radius 2 is 1.61 bits per heavy atom. The van der Waals surface area contributed by atoms with Crippen molar-refractivity contribution in [3.05, 3.63) is 98.4 Å². The molecule has 1 aliphatic carbocycles. The Bertz CT molecular complexity index is 1150. The van der Waals surface area contributed by atoms with Gasteiger partial charge < -0.3 is 9.67 Å². The summed E-state index contributed by atoms with van der Waals surface area (Å²) in [6, 6.07) is 14.2. The van der Waals surface area contributed by atoms with Gasteiger partial charge in [-0.25, -0.2) is 0 Å². The van der Waals surface area contributed by atoms with Crippen molar-refractivity contribution >= 4 is 17.3 Å². The number of hydrogen-bond donors (Lipinski definition) is 1. The second kappa shape index (κ2) is 6.54.